The van der Waals surface area contributed by atoms with E-state index < -0.39 is 0 Å². The fraction of sp³-hybridized carbons (Fsp3) is 0.128. The van der Waals surface area contributed by atoms with E-state index in [9.17, 15) is 0 Å². The average Bonchev–Trinajstić information content (AvgIpc) is 3.18. The highest BCUT2D eigenvalue weighted by atomic mass is 16.5. The van der Waals surface area contributed by atoms with Crippen molar-refractivity contribution in [2.24, 2.45) is 0 Å². The smallest absolute Gasteiger partial charge is 0.361 e. The molecule has 238 valence electrons. The van der Waals surface area contributed by atoms with Crippen LogP contribution in [0.15, 0.2) is 185 Å². The highest BCUT2D eigenvalue weighted by Crippen LogP contribution is 2.44. The molecule has 1 aliphatic heterocycles. The van der Waals surface area contributed by atoms with Gasteiger partial charge in [0.2, 0.25) is 0 Å². The van der Waals surface area contributed by atoms with Crippen molar-refractivity contribution in [3.05, 3.63) is 203 Å². The molecule has 0 atom stereocenters. The predicted molar refractivity (Wildman–Crippen MR) is 203 cm³/mol. The third kappa shape index (κ3) is 6.55. The van der Waals surface area contributed by atoms with Crippen LogP contribution in [0.5, 0.6) is 0 Å². The maximum atomic E-state index is 6.71. The van der Waals surface area contributed by atoms with Gasteiger partial charge in [0.1, 0.15) is 11.5 Å². The Kier molecular flexibility index (Phi) is 8.85. The van der Waals surface area contributed by atoms with E-state index in [1.165, 1.54) is 44.5 Å². The first-order chi connectivity index (χ1) is 24.3. The summed E-state index contributed by atoms with van der Waals surface area (Å²) >= 11 is 0. The lowest BCUT2D eigenvalue weighted by molar-refractivity contribution is 0.372. The standard InChI is InChI=1S/C47H39O2/c1-6-18-34(19-7-1)42-32-44(36-22-10-3-11-23-36)48-46-38(28-16-30-40(42)46)26-14-5-15-27-39-29-17-31-41-43(35-20-8-2-9-21-35)33-45(49-47(39)41)37-24-12-4-13-25-37/h1-15,18-27,32-33H,16-17,28-31H2/q+1. The summed E-state index contributed by atoms with van der Waals surface area (Å²) < 4.78 is 13.4. The molecule has 2 heterocycles. The summed E-state index contributed by atoms with van der Waals surface area (Å²) in [5, 5.41) is 0. The SMILES string of the molecule is C1=C(c2ccccc2)OC2=C(/C=C/C=C/C=C3\CCCc4c(-c5ccccc5)cc(-c5ccccc5)[o+]c43)CCCC2=C1c1ccccc1. The lowest BCUT2D eigenvalue weighted by Crippen LogP contribution is -2.11. The number of allylic oxidation sites excluding steroid dienone is 10. The van der Waals surface area contributed by atoms with Crippen molar-refractivity contribution in [3.8, 4) is 22.5 Å². The Morgan fingerprint density at radius 2 is 1.20 bits per heavy atom. The monoisotopic (exact) mass is 635 g/mol. The normalized spacial score (nSPS) is 16.9. The minimum absolute atomic E-state index is 0.899. The lowest BCUT2D eigenvalue weighted by Gasteiger charge is -2.29. The zero-order valence-electron chi connectivity index (χ0n) is 27.6. The molecule has 0 bridgehead atoms. The van der Waals surface area contributed by atoms with Gasteiger partial charge in [-0.25, -0.2) is 4.42 Å². The summed E-state index contributed by atoms with van der Waals surface area (Å²) in [6, 6.07) is 44.5. The van der Waals surface area contributed by atoms with Crippen molar-refractivity contribution in [2.75, 3.05) is 0 Å². The lowest BCUT2D eigenvalue weighted by atomic mass is 9.85. The maximum absolute atomic E-state index is 6.71. The van der Waals surface area contributed by atoms with Gasteiger partial charge < -0.3 is 4.74 Å². The van der Waals surface area contributed by atoms with Gasteiger partial charge in [-0.05, 0) is 85.1 Å². The second-order valence-corrected chi connectivity index (χ2v) is 12.8. The highest BCUT2D eigenvalue weighted by molar-refractivity contribution is 5.88. The zero-order chi connectivity index (χ0) is 32.8. The quantitative estimate of drug-likeness (QED) is 0.131. The Morgan fingerprint density at radius 1 is 0.571 bits per heavy atom. The number of fused-ring (bicyclic) bond motifs is 2. The first-order valence-corrected chi connectivity index (χ1v) is 17.4. The molecule has 1 aromatic heterocycles. The van der Waals surface area contributed by atoms with Gasteiger partial charge in [-0.2, -0.15) is 0 Å². The van der Waals surface area contributed by atoms with Crippen LogP contribution in [-0.2, 0) is 11.2 Å². The Hall–Kier alpha value is -5.73. The van der Waals surface area contributed by atoms with Gasteiger partial charge in [0.15, 0.2) is 0 Å². The van der Waals surface area contributed by atoms with Crippen molar-refractivity contribution in [1.82, 2.24) is 0 Å². The molecule has 2 aliphatic carbocycles. The van der Waals surface area contributed by atoms with E-state index in [2.05, 4.69) is 152 Å². The van der Waals surface area contributed by atoms with Crippen LogP contribution >= 0.6 is 0 Å². The minimum Gasteiger partial charge on any atom is -0.456 e. The van der Waals surface area contributed by atoms with Crippen LogP contribution in [0.3, 0.4) is 0 Å². The van der Waals surface area contributed by atoms with Crippen molar-refractivity contribution in [2.45, 2.75) is 38.5 Å². The van der Waals surface area contributed by atoms with Gasteiger partial charge in [0, 0.05) is 16.7 Å². The first kappa shape index (κ1) is 30.6. The van der Waals surface area contributed by atoms with E-state index in [0.717, 1.165) is 72.7 Å². The zero-order valence-corrected chi connectivity index (χ0v) is 27.6. The van der Waals surface area contributed by atoms with E-state index in [1.54, 1.807) is 0 Å². The van der Waals surface area contributed by atoms with Gasteiger partial charge in [0.05, 0.1) is 22.8 Å². The third-order valence-electron chi connectivity index (χ3n) is 9.61. The average molecular weight is 636 g/mol. The summed E-state index contributed by atoms with van der Waals surface area (Å²) in [4.78, 5) is 0. The van der Waals surface area contributed by atoms with Crippen molar-refractivity contribution in [3.63, 3.8) is 0 Å². The number of benzene rings is 4. The predicted octanol–water partition coefficient (Wildman–Crippen LogP) is 12.7. The van der Waals surface area contributed by atoms with Crippen molar-refractivity contribution < 1.29 is 9.15 Å². The largest absolute Gasteiger partial charge is 0.456 e. The van der Waals surface area contributed by atoms with Crippen LogP contribution in [0.2, 0.25) is 0 Å². The van der Waals surface area contributed by atoms with Crippen LogP contribution in [0.25, 0.3) is 39.4 Å². The molecule has 49 heavy (non-hydrogen) atoms. The van der Waals surface area contributed by atoms with Gasteiger partial charge in [-0.1, -0.05) is 133 Å². The Bertz CT molecular complexity index is 2150. The molecule has 4 aromatic carbocycles. The molecule has 8 rings (SSSR count). The summed E-state index contributed by atoms with van der Waals surface area (Å²) in [6.45, 7) is 0. The molecule has 0 amide bonds. The highest BCUT2D eigenvalue weighted by Gasteiger charge is 2.31. The van der Waals surface area contributed by atoms with Gasteiger partial charge in [0.25, 0.3) is 0 Å². The minimum atomic E-state index is 0.899. The molecule has 3 aliphatic rings. The van der Waals surface area contributed by atoms with E-state index in [0.29, 0.717) is 0 Å². The molecule has 2 heteroatoms. The molecule has 0 fully saturated rings. The Labute approximate surface area is 289 Å². The molecule has 0 unspecified atom stereocenters. The summed E-state index contributed by atoms with van der Waals surface area (Å²) in [7, 11) is 0. The van der Waals surface area contributed by atoms with Gasteiger partial charge in [-0.15, -0.1) is 0 Å². The van der Waals surface area contributed by atoms with Crippen LogP contribution in [0.4, 0.5) is 0 Å². The molecule has 2 nitrogen and oxygen atoms in total. The molecule has 0 N–H and O–H groups in total. The number of hydrogen-bond donors (Lipinski definition) is 0. The first-order valence-electron chi connectivity index (χ1n) is 17.4. The van der Waals surface area contributed by atoms with E-state index in [4.69, 9.17) is 9.15 Å². The van der Waals surface area contributed by atoms with Crippen LogP contribution in [-0.4, -0.2) is 0 Å². The number of rotatable bonds is 7. The van der Waals surface area contributed by atoms with Crippen molar-refractivity contribution >= 4 is 16.9 Å². The Morgan fingerprint density at radius 3 is 1.92 bits per heavy atom. The second kappa shape index (κ2) is 14.2. The summed E-state index contributed by atoms with van der Waals surface area (Å²) in [5.74, 6) is 3.82. The van der Waals surface area contributed by atoms with Crippen LogP contribution in [0.1, 0.15) is 54.6 Å². The molecule has 0 saturated carbocycles. The summed E-state index contributed by atoms with van der Waals surface area (Å²) in [5.41, 5.74) is 12.2. The second-order valence-electron chi connectivity index (χ2n) is 12.8. The van der Waals surface area contributed by atoms with Crippen molar-refractivity contribution in [1.29, 1.82) is 0 Å². The van der Waals surface area contributed by atoms with Crippen LogP contribution < -0.4 is 0 Å². The third-order valence-corrected chi connectivity index (χ3v) is 9.61. The molecular formula is C47H39O2+. The topological polar surface area (TPSA) is 20.5 Å². The van der Waals surface area contributed by atoms with Crippen LogP contribution in [0, 0.1) is 0 Å². The fourth-order valence-electron chi connectivity index (χ4n) is 7.20. The van der Waals surface area contributed by atoms with Gasteiger partial charge >= 0.3 is 11.5 Å². The number of hydrogen-bond acceptors (Lipinski definition) is 1. The molecular weight excluding hydrogens is 597 g/mol. The Balaban J connectivity index is 1.12. The molecule has 0 spiro atoms. The maximum Gasteiger partial charge on any atom is 0.361 e. The summed E-state index contributed by atoms with van der Waals surface area (Å²) in [6.07, 6.45) is 19.4. The van der Waals surface area contributed by atoms with Gasteiger partial charge in [-0.3, -0.25) is 0 Å². The van der Waals surface area contributed by atoms with E-state index in [1.807, 2.05) is 12.1 Å². The molecule has 0 saturated heterocycles. The van der Waals surface area contributed by atoms with E-state index >= 15 is 0 Å². The number of ether oxygens (including phenoxy) is 1. The fourth-order valence-corrected chi connectivity index (χ4v) is 7.20. The van der Waals surface area contributed by atoms with E-state index in [-0.39, 0.29) is 0 Å². The molecule has 0 radical (unpaired) electrons. The molecule has 5 aromatic rings.